The van der Waals surface area contributed by atoms with Crippen LogP contribution < -0.4 is 10.1 Å². The van der Waals surface area contributed by atoms with Crippen LogP contribution in [-0.4, -0.2) is 21.9 Å². The predicted molar refractivity (Wildman–Crippen MR) is 90.5 cm³/mol. The minimum absolute atomic E-state index is 0.00247. The summed E-state index contributed by atoms with van der Waals surface area (Å²) in [5, 5.41) is 2.32. The molecule has 0 aliphatic heterocycles. The van der Waals surface area contributed by atoms with Gasteiger partial charge in [0.1, 0.15) is 0 Å². The molecule has 0 bridgehead atoms. The van der Waals surface area contributed by atoms with Crippen molar-refractivity contribution in [2.24, 2.45) is 0 Å². The lowest BCUT2D eigenvalue weighted by Crippen LogP contribution is -2.21. The van der Waals surface area contributed by atoms with E-state index in [1.165, 1.54) is 0 Å². The zero-order valence-corrected chi connectivity index (χ0v) is 14.2. The molecule has 1 aromatic carbocycles. The molecule has 0 unspecified atom stereocenters. The number of rotatable bonds is 4. The molecule has 3 aromatic rings. The molecule has 0 saturated heterocycles. The molecule has 2 heterocycles. The average molecular weight is 384 g/mol. The highest BCUT2D eigenvalue weighted by Crippen LogP contribution is 2.33. The number of aromatic nitrogens is 2. The number of nitrogens with one attached hydrogen (secondary N) is 1. The molecule has 5 nitrogen and oxygen atoms in total. The van der Waals surface area contributed by atoms with Crippen LogP contribution in [0.15, 0.2) is 42.7 Å². The van der Waals surface area contributed by atoms with E-state index in [1.807, 2.05) is 6.92 Å². The summed E-state index contributed by atoms with van der Waals surface area (Å²) in [5.74, 6) is -0.262. The summed E-state index contributed by atoms with van der Waals surface area (Å²) in [5.41, 5.74) is 0.275. The molecule has 0 aliphatic carbocycles. The van der Waals surface area contributed by atoms with Crippen LogP contribution in [0.1, 0.15) is 11.3 Å². The van der Waals surface area contributed by atoms with Crippen LogP contribution in [-0.2, 0) is 11.0 Å². The highest BCUT2D eigenvalue weighted by Gasteiger charge is 2.31. The summed E-state index contributed by atoms with van der Waals surface area (Å²) < 4.78 is 45.5. The smallest absolute Gasteiger partial charge is 0.416 e. The summed E-state index contributed by atoms with van der Waals surface area (Å²) in [7, 11) is 0. The van der Waals surface area contributed by atoms with Gasteiger partial charge in [0.15, 0.2) is 18.0 Å². The van der Waals surface area contributed by atoms with Gasteiger partial charge in [-0.2, -0.15) is 13.2 Å². The maximum Gasteiger partial charge on any atom is 0.416 e. The van der Waals surface area contributed by atoms with E-state index in [-0.39, 0.29) is 10.7 Å². The maximum atomic E-state index is 12.8. The third-order valence-corrected chi connectivity index (χ3v) is 3.82. The van der Waals surface area contributed by atoms with Crippen molar-refractivity contribution in [3.05, 3.63) is 59.0 Å². The van der Waals surface area contributed by atoms with Gasteiger partial charge in [-0.3, -0.25) is 4.79 Å². The van der Waals surface area contributed by atoms with E-state index in [1.54, 1.807) is 28.9 Å². The van der Waals surface area contributed by atoms with Crippen molar-refractivity contribution in [3.63, 3.8) is 0 Å². The first-order valence-electron chi connectivity index (χ1n) is 7.48. The Kier molecular flexibility index (Phi) is 4.78. The van der Waals surface area contributed by atoms with Gasteiger partial charge in [0, 0.05) is 12.4 Å². The predicted octanol–water partition coefficient (Wildman–Crippen LogP) is 4.33. The zero-order chi connectivity index (χ0) is 18.9. The van der Waals surface area contributed by atoms with Crippen LogP contribution in [0.25, 0.3) is 5.65 Å². The van der Waals surface area contributed by atoms with Crippen LogP contribution >= 0.6 is 11.6 Å². The maximum absolute atomic E-state index is 12.8. The molecule has 1 amide bonds. The number of benzene rings is 1. The van der Waals surface area contributed by atoms with Gasteiger partial charge in [-0.05, 0) is 37.3 Å². The Balaban J connectivity index is 1.71. The molecule has 3 rings (SSSR count). The number of carbonyl (C=O) groups excluding carboxylic acids is 1. The van der Waals surface area contributed by atoms with E-state index in [2.05, 4.69) is 10.3 Å². The molecule has 9 heteroatoms. The summed E-state index contributed by atoms with van der Waals surface area (Å²) in [6.45, 7) is 1.41. The first-order valence-corrected chi connectivity index (χ1v) is 7.85. The van der Waals surface area contributed by atoms with Crippen LogP contribution in [0.5, 0.6) is 5.75 Å². The Morgan fingerprint density at radius 2 is 2.12 bits per heavy atom. The first kappa shape index (κ1) is 18.1. The largest absolute Gasteiger partial charge is 0.480 e. The van der Waals surface area contributed by atoms with E-state index >= 15 is 0 Å². The first-order chi connectivity index (χ1) is 12.2. The fraction of sp³-hybridized carbons (Fsp3) is 0.176. The molecule has 0 aliphatic rings. The Morgan fingerprint density at radius 3 is 2.85 bits per heavy atom. The Labute approximate surface area is 151 Å². The Hall–Kier alpha value is -2.74. The standard InChI is InChI=1S/C17H13ClF3N3O2/c1-10-8-24-6-2-3-14(16(24)22-10)26-9-15(25)23-13-7-11(17(19,20)21)4-5-12(13)18/h2-8H,9H2,1H3,(H,23,25). The van der Waals surface area contributed by atoms with E-state index in [0.717, 1.165) is 23.9 Å². The zero-order valence-electron chi connectivity index (χ0n) is 13.5. The Morgan fingerprint density at radius 1 is 1.35 bits per heavy atom. The summed E-state index contributed by atoms with van der Waals surface area (Å²) in [6, 6.07) is 6.07. The molecule has 136 valence electrons. The molecule has 2 aromatic heterocycles. The number of halogens is 4. The molecule has 0 radical (unpaired) electrons. The van der Waals surface area contributed by atoms with Gasteiger partial charge in [-0.1, -0.05) is 11.6 Å². The number of imidazole rings is 1. The minimum atomic E-state index is -4.53. The second-order valence-electron chi connectivity index (χ2n) is 5.51. The minimum Gasteiger partial charge on any atom is -0.480 e. The van der Waals surface area contributed by atoms with E-state index in [9.17, 15) is 18.0 Å². The lowest BCUT2D eigenvalue weighted by atomic mass is 10.2. The number of nitrogens with zero attached hydrogens (tertiary/aromatic N) is 2. The van der Waals surface area contributed by atoms with Crippen LogP contribution in [0.2, 0.25) is 5.02 Å². The third-order valence-electron chi connectivity index (χ3n) is 3.49. The molecule has 0 fully saturated rings. The molecule has 0 atom stereocenters. The van der Waals surface area contributed by atoms with Crippen molar-refractivity contribution >= 4 is 28.8 Å². The monoisotopic (exact) mass is 383 g/mol. The molecule has 0 spiro atoms. The number of pyridine rings is 1. The van der Waals surface area contributed by atoms with E-state index in [0.29, 0.717) is 11.4 Å². The summed E-state index contributed by atoms with van der Waals surface area (Å²) >= 11 is 5.85. The van der Waals surface area contributed by atoms with Gasteiger partial charge in [0.25, 0.3) is 5.91 Å². The van der Waals surface area contributed by atoms with Crippen LogP contribution in [0, 0.1) is 6.92 Å². The van der Waals surface area contributed by atoms with Crippen molar-refractivity contribution < 1.29 is 22.7 Å². The topological polar surface area (TPSA) is 55.6 Å². The van der Waals surface area contributed by atoms with Crippen LogP contribution in [0.3, 0.4) is 0 Å². The molecule has 1 N–H and O–H groups in total. The normalized spacial score (nSPS) is 11.6. The number of alkyl halides is 3. The molecular weight excluding hydrogens is 371 g/mol. The molecular formula is C17H13ClF3N3O2. The fourth-order valence-corrected chi connectivity index (χ4v) is 2.51. The van der Waals surface area contributed by atoms with Gasteiger partial charge < -0.3 is 14.5 Å². The Bertz CT molecular complexity index is 970. The molecule has 26 heavy (non-hydrogen) atoms. The van der Waals surface area contributed by atoms with Gasteiger partial charge >= 0.3 is 6.18 Å². The lowest BCUT2D eigenvalue weighted by Gasteiger charge is -2.12. The van der Waals surface area contributed by atoms with Gasteiger partial charge in [-0.15, -0.1) is 0 Å². The molecule has 0 saturated carbocycles. The quantitative estimate of drug-likeness (QED) is 0.729. The number of fused-ring (bicyclic) bond motifs is 1. The average Bonchev–Trinajstić information content (AvgIpc) is 2.94. The number of carbonyl (C=O) groups is 1. The van der Waals surface area contributed by atoms with Crippen molar-refractivity contribution in [2.45, 2.75) is 13.1 Å². The number of ether oxygens (including phenoxy) is 1. The third kappa shape index (κ3) is 3.91. The van der Waals surface area contributed by atoms with Crippen molar-refractivity contribution in [2.75, 3.05) is 11.9 Å². The second-order valence-corrected chi connectivity index (χ2v) is 5.92. The summed E-state index contributed by atoms with van der Waals surface area (Å²) in [4.78, 5) is 16.3. The van der Waals surface area contributed by atoms with Crippen molar-refractivity contribution in [3.8, 4) is 5.75 Å². The van der Waals surface area contributed by atoms with Gasteiger partial charge in [-0.25, -0.2) is 4.98 Å². The van der Waals surface area contributed by atoms with Crippen LogP contribution in [0.4, 0.5) is 18.9 Å². The fourth-order valence-electron chi connectivity index (χ4n) is 2.35. The number of aryl methyl sites for hydroxylation is 1. The highest BCUT2D eigenvalue weighted by atomic mass is 35.5. The van der Waals surface area contributed by atoms with E-state index in [4.69, 9.17) is 16.3 Å². The number of anilines is 1. The van der Waals surface area contributed by atoms with Gasteiger partial charge in [0.05, 0.1) is 22.0 Å². The highest BCUT2D eigenvalue weighted by molar-refractivity contribution is 6.33. The summed E-state index contributed by atoms with van der Waals surface area (Å²) in [6.07, 6.45) is -0.954. The number of amides is 1. The lowest BCUT2D eigenvalue weighted by molar-refractivity contribution is -0.137. The second kappa shape index (κ2) is 6.87. The van der Waals surface area contributed by atoms with E-state index < -0.39 is 24.3 Å². The van der Waals surface area contributed by atoms with Crippen molar-refractivity contribution in [1.29, 1.82) is 0 Å². The number of hydrogen-bond donors (Lipinski definition) is 1. The van der Waals surface area contributed by atoms with Gasteiger partial charge in [0.2, 0.25) is 0 Å². The number of hydrogen-bond acceptors (Lipinski definition) is 3. The van der Waals surface area contributed by atoms with Crippen molar-refractivity contribution in [1.82, 2.24) is 9.38 Å². The SMILES string of the molecule is Cc1cn2cccc(OCC(=O)Nc3cc(C(F)(F)F)ccc3Cl)c2n1.